The third kappa shape index (κ3) is 3.09. The van der Waals surface area contributed by atoms with Gasteiger partial charge in [-0.3, -0.25) is 0 Å². The molecule has 17 heavy (non-hydrogen) atoms. The first-order valence-electron chi connectivity index (χ1n) is 5.63. The van der Waals surface area contributed by atoms with Crippen molar-refractivity contribution in [3.63, 3.8) is 0 Å². The minimum absolute atomic E-state index is 0.889. The van der Waals surface area contributed by atoms with Gasteiger partial charge in [0.15, 0.2) is 0 Å². The van der Waals surface area contributed by atoms with Crippen LogP contribution in [-0.4, -0.2) is 16.1 Å². The van der Waals surface area contributed by atoms with E-state index < -0.39 is 0 Å². The lowest BCUT2D eigenvalue weighted by Crippen LogP contribution is -2.08. The van der Waals surface area contributed by atoms with Crippen LogP contribution in [-0.2, 0) is 13.5 Å². The van der Waals surface area contributed by atoms with E-state index in [1.54, 1.807) is 0 Å². The average molecular weight is 294 g/mol. The highest BCUT2D eigenvalue weighted by Crippen LogP contribution is 2.20. The molecule has 0 aliphatic heterocycles. The van der Waals surface area contributed by atoms with Crippen molar-refractivity contribution in [3.8, 4) is 0 Å². The third-order valence-corrected chi connectivity index (χ3v) is 3.62. The normalized spacial score (nSPS) is 10.5. The molecule has 1 aromatic heterocycles. The predicted octanol–water partition coefficient (Wildman–Crippen LogP) is 3.15. The van der Waals surface area contributed by atoms with Gasteiger partial charge in [0.1, 0.15) is 5.82 Å². The van der Waals surface area contributed by atoms with Crippen LogP contribution < -0.4 is 5.32 Å². The number of benzene rings is 1. The lowest BCUT2D eigenvalue weighted by atomic mass is 10.2. The zero-order valence-electron chi connectivity index (χ0n) is 10.1. The second-order valence-corrected chi connectivity index (χ2v) is 4.95. The summed E-state index contributed by atoms with van der Waals surface area (Å²) in [5, 5.41) is 3.39. The van der Waals surface area contributed by atoms with Crippen molar-refractivity contribution in [1.82, 2.24) is 9.55 Å². The van der Waals surface area contributed by atoms with Gasteiger partial charge in [-0.15, -0.1) is 0 Å². The van der Waals surface area contributed by atoms with E-state index in [1.165, 1.54) is 5.56 Å². The quantitative estimate of drug-likeness (QED) is 0.939. The van der Waals surface area contributed by atoms with Crippen LogP contribution in [0.25, 0.3) is 0 Å². The van der Waals surface area contributed by atoms with Crippen LogP contribution in [0, 0.1) is 6.92 Å². The first-order valence-corrected chi connectivity index (χ1v) is 6.42. The maximum absolute atomic E-state index is 4.29. The van der Waals surface area contributed by atoms with E-state index in [0.29, 0.717) is 0 Å². The molecular weight excluding hydrogens is 278 g/mol. The van der Waals surface area contributed by atoms with Crippen molar-refractivity contribution in [1.29, 1.82) is 0 Å². The molecule has 0 atom stereocenters. The largest absolute Gasteiger partial charge is 0.385 e. The monoisotopic (exact) mass is 293 g/mol. The van der Waals surface area contributed by atoms with Crippen molar-refractivity contribution in [2.24, 2.45) is 7.05 Å². The number of halogens is 1. The summed E-state index contributed by atoms with van der Waals surface area (Å²) in [5.41, 5.74) is 2.39. The molecule has 1 N–H and O–H groups in total. The molecular formula is C13H16BrN3. The van der Waals surface area contributed by atoms with Crippen LogP contribution in [0.5, 0.6) is 0 Å². The Kier molecular flexibility index (Phi) is 3.84. The van der Waals surface area contributed by atoms with E-state index in [9.17, 15) is 0 Å². The highest BCUT2D eigenvalue weighted by Gasteiger charge is 2.00. The summed E-state index contributed by atoms with van der Waals surface area (Å²) in [5.74, 6) is 1.10. The average Bonchev–Trinajstić information content (AvgIpc) is 2.70. The van der Waals surface area contributed by atoms with Gasteiger partial charge in [-0.25, -0.2) is 4.98 Å². The van der Waals surface area contributed by atoms with Gasteiger partial charge in [0.05, 0.1) is 0 Å². The molecule has 4 heteroatoms. The molecule has 0 spiro atoms. The summed E-state index contributed by atoms with van der Waals surface area (Å²) in [6, 6.07) is 6.31. The Morgan fingerprint density at radius 3 is 2.88 bits per heavy atom. The van der Waals surface area contributed by atoms with Crippen molar-refractivity contribution in [2.75, 3.05) is 11.9 Å². The van der Waals surface area contributed by atoms with E-state index in [0.717, 1.165) is 29.0 Å². The van der Waals surface area contributed by atoms with Gasteiger partial charge in [0.2, 0.25) is 0 Å². The zero-order chi connectivity index (χ0) is 12.3. The van der Waals surface area contributed by atoms with Gasteiger partial charge in [0.25, 0.3) is 0 Å². The predicted molar refractivity (Wildman–Crippen MR) is 74.3 cm³/mol. The van der Waals surface area contributed by atoms with Gasteiger partial charge in [-0.1, -0.05) is 22.0 Å². The number of nitrogens with one attached hydrogen (secondary N) is 1. The summed E-state index contributed by atoms with van der Waals surface area (Å²) >= 11 is 3.53. The first kappa shape index (κ1) is 12.2. The minimum atomic E-state index is 0.889. The molecule has 0 amide bonds. The van der Waals surface area contributed by atoms with Crippen LogP contribution in [0.15, 0.2) is 35.1 Å². The first-order chi connectivity index (χ1) is 8.16. The molecule has 0 saturated carbocycles. The molecule has 0 bridgehead atoms. The van der Waals surface area contributed by atoms with Crippen molar-refractivity contribution >= 4 is 21.6 Å². The summed E-state index contributed by atoms with van der Waals surface area (Å²) in [4.78, 5) is 4.29. The fraction of sp³-hybridized carbons (Fsp3) is 0.308. The smallest absolute Gasteiger partial charge is 0.110 e. The van der Waals surface area contributed by atoms with Gasteiger partial charge in [-0.05, 0) is 24.6 Å². The van der Waals surface area contributed by atoms with Crippen LogP contribution >= 0.6 is 15.9 Å². The van der Waals surface area contributed by atoms with Crippen molar-refractivity contribution < 1.29 is 0 Å². The van der Waals surface area contributed by atoms with Crippen molar-refractivity contribution in [2.45, 2.75) is 13.3 Å². The summed E-state index contributed by atoms with van der Waals surface area (Å²) in [6.45, 7) is 2.97. The molecule has 3 nitrogen and oxygen atoms in total. The Balaban J connectivity index is 1.90. The van der Waals surface area contributed by atoms with E-state index in [1.807, 2.05) is 24.0 Å². The van der Waals surface area contributed by atoms with Gasteiger partial charge in [0, 0.05) is 42.6 Å². The fourth-order valence-electron chi connectivity index (χ4n) is 1.66. The number of hydrogen-bond donors (Lipinski definition) is 1. The maximum atomic E-state index is 4.29. The molecule has 0 aliphatic carbocycles. The van der Waals surface area contributed by atoms with E-state index in [4.69, 9.17) is 0 Å². The molecule has 1 aromatic carbocycles. The molecule has 0 unspecified atom stereocenters. The summed E-state index contributed by atoms with van der Waals surface area (Å²) in [6.07, 6.45) is 4.73. The SMILES string of the molecule is Cc1ccc(NCCc2nccn2C)cc1Br. The Hall–Kier alpha value is -1.29. The second-order valence-electron chi connectivity index (χ2n) is 4.10. The summed E-state index contributed by atoms with van der Waals surface area (Å²) < 4.78 is 3.19. The highest BCUT2D eigenvalue weighted by atomic mass is 79.9. The second kappa shape index (κ2) is 5.36. The lowest BCUT2D eigenvalue weighted by Gasteiger charge is -2.08. The number of imidazole rings is 1. The molecule has 0 radical (unpaired) electrons. The molecule has 2 rings (SSSR count). The molecule has 1 heterocycles. The molecule has 90 valence electrons. The van der Waals surface area contributed by atoms with Gasteiger partial charge < -0.3 is 9.88 Å². The fourth-order valence-corrected chi connectivity index (χ4v) is 2.04. The van der Waals surface area contributed by atoms with E-state index >= 15 is 0 Å². The highest BCUT2D eigenvalue weighted by molar-refractivity contribution is 9.10. The third-order valence-electron chi connectivity index (χ3n) is 2.77. The Morgan fingerprint density at radius 1 is 1.41 bits per heavy atom. The van der Waals surface area contributed by atoms with Crippen LogP contribution in [0.3, 0.4) is 0 Å². The van der Waals surface area contributed by atoms with Crippen LogP contribution in [0.1, 0.15) is 11.4 Å². The van der Waals surface area contributed by atoms with Gasteiger partial charge in [-0.2, -0.15) is 0 Å². The number of anilines is 1. The van der Waals surface area contributed by atoms with Crippen LogP contribution in [0.2, 0.25) is 0 Å². The molecule has 2 aromatic rings. The lowest BCUT2D eigenvalue weighted by molar-refractivity contribution is 0.789. The number of aromatic nitrogens is 2. The van der Waals surface area contributed by atoms with Gasteiger partial charge >= 0.3 is 0 Å². The van der Waals surface area contributed by atoms with Crippen molar-refractivity contribution in [3.05, 3.63) is 46.5 Å². The molecule has 0 saturated heterocycles. The Morgan fingerprint density at radius 2 is 2.24 bits per heavy atom. The van der Waals surface area contributed by atoms with E-state index in [-0.39, 0.29) is 0 Å². The minimum Gasteiger partial charge on any atom is -0.385 e. The number of nitrogens with zero attached hydrogens (tertiary/aromatic N) is 2. The standard InChI is InChI=1S/C13H16BrN3/c1-10-3-4-11(9-12(10)14)15-6-5-13-16-7-8-17(13)2/h3-4,7-9,15H,5-6H2,1-2H3. The number of aryl methyl sites for hydroxylation is 2. The number of rotatable bonds is 4. The number of hydrogen-bond acceptors (Lipinski definition) is 2. The molecule has 0 aliphatic rings. The van der Waals surface area contributed by atoms with Crippen LogP contribution in [0.4, 0.5) is 5.69 Å². The maximum Gasteiger partial charge on any atom is 0.110 e. The zero-order valence-corrected chi connectivity index (χ0v) is 11.7. The van der Waals surface area contributed by atoms with E-state index in [2.05, 4.69) is 51.4 Å². The Bertz CT molecular complexity index is 505. The Labute approximate surface area is 110 Å². The topological polar surface area (TPSA) is 29.9 Å². The molecule has 0 fully saturated rings. The summed E-state index contributed by atoms with van der Waals surface area (Å²) in [7, 11) is 2.02.